The third-order valence-corrected chi connectivity index (χ3v) is 3.01. The standard InChI is InChI=1S/C12H12F3NO3/c13-12(14,15)6-16-11(10(17)18)7-19-5-8-3-1-2-4-9(8)11/h1-4,16H,5-7H2,(H,17,18). The molecule has 0 saturated carbocycles. The summed E-state index contributed by atoms with van der Waals surface area (Å²) in [4.78, 5) is 11.4. The van der Waals surface area contributed by atoms with E-state index < -0.39 is 24.2 Å². The lowest BCUT2D eigenvalue weighted by Gasteiger charge is -2.36. The molecular weight excluding hydrogens is 263 g/mol. The fraction of sp³-hybridized carbons (Fsp3) is 0.417. The summed E-state index contributed by atoms with van der Waals surface area (Å²) in [5.74, 6) is -1.39. The number of carboxylic acids is 1. The summed E-state index contributed by atoms with van der Waals surface area (Å²) in [5.41, 5.74) is -0.964. The number of alkyl halides is 3. The largest absolute Gasteiger partial charge is 0.480 e. The molecule has 1 aliphatic rings. The molecule has 4 nitrogen and oxygen atoms in total. The van der Waals surface area contributed by atoms with E-state index in [0.717, 1.165) is 0 Å². The van der Waals surface area contributed by atoms with Gasteiger partial charge in [0.2, 0.25) is 0 Å². The molecule has 1 heterocycles. The second kappa shape index (κ2) is 4.82. The highest BCUT2D eigenvalue weighted by molar-refractivity contribution is 5.82. The first-order valence-electron chi connectivity index (χ1n) is 5.56. The number of carbonyl (C=O) groups is 1. The normalized spacial score (nSPS) is 22.9. The Bertz CT molecular complexity index is 489. The van der Waals surface area contributed by atoms with Crippen LogP contribution in [0.3, 0.4) is 0 Å². The number of nitrogens with one attached hydrogen (secondary N) is 1. The highest BCUT2D eigenvalue weighted by Crippen LogP contribution is 2.31. The van der Waals surface area contributed by atoms with Gasteiger partial charge in [-0.2, -0.15) is 13.2 Å². The van der Waals surface area contributed by atoms with Crippen molar-refractivity contribution in [1.82, 2.24) is 5.32 Å². The van der Waals surface area contributed by atoms with Crippen LogP contribution < -0.4 is 5.32 Å². The van der Waals surface area contributed by atoms with Gasteiger partial charge in [-0.3, -0.25) is 5.32 Å². The quantitative estimate of drug-likeness (QED) is 0.880. The summed E-state index contributed by atoms with van der Waals surface area (Å²) >= 11 is 0. The zero-order valence-corrected chi connectivity index (χ0v) is 9.83. The number of fused-ring (bicyclic) bond motifs is 1. The van der Waals surface area contributed by atoms with Crippen LogP contribution in [0, 0.1) is 0 Å². The van der Waals surface area contributed by atoms with E-state index in [-0.39, 0.29) is 13.2 Å². The molecule has 19 heavy (non-hydrogen) atoms. The van der Waals surface area contributed by atoms with Crippen LogP contribution in [-0.2, 0) is 21.7 Å². The van der Waals surface area contributed by atoms with Gasteiger partial charge in [0.05, 0.1) is 19.8 Å². The topological polar surface area (TPSA) is 58.6 Å². The van der Waals surface area contributed by atoms with Crippen molar-refractivity contribution in [2.24, 2.45) is 0 Å². The number of benzene rings is 1. The van der Waals surface area contributed by atoms with E-state index in [9.17, 15) is 23.1 Å². The Hall–Kier alpha value is -1.60. The maximum Gasteiger partial charge on any atom is 0.401 e. The summed E-state index contributed by atoms with van der Waals surface area (Å²) in [6.07, 6.45) is -4.49. The Kier molecular flexibility index (Phi) is 3.51. The maximum atomic E-state index is 12.3. The first-order chi connectivity index (χ1) is 8.85. The zero-order valence-electron chi connectivity index (χ0n) is 9.83. The smallest absolute Gasteiger partial charge is 0.401 e. The minimum Gasteiger partial charge on any atom is -0.480 e. The van der Waals surface area contributed by atoms with Crippen LogP contribution >= 0.6 is 0 Å². The van der Waals surface area contributed by atoms with Gasteiger partial charge < -0.3 is 9.84 Å². The van der Waals surface area contributed by atoms with E-state index in [2.05, 4.69) is 5.32 Å². The molecule has 2 rings (SSSR count). The van der Waals surface area contributed by atoms with Crippen molar-refractivity contribution < 1.29 is 27.8 Å². The Morgan fingerprint density at radius 2 is 2.11 bits per heavy atom. The van der Waals surface area contributed by atoms with Crippen LogP contribution in [-0.4, -0.2) is 30.4 Å². The van der Waals surface area contributed by atoms with Crippen LogP contribution in [0.4, 0.5) is 13.2 Å². The molecule has 0 bridgehead atoms. The molecule has 0 spiro atoms. The van der Waals surface area contributed by atoms with Gasteiger partial charge in [0.25, 0.3) is 0 Å². The van der Waals surface area contributed by atoms with E-state index in [1.54, 1.807) is 18.2 Å². The SMILES string of the molecule is O=C(O)C1(NCC(F)(F)F)COCc2ccccc21. The van der Waals surface area contributed by atoms with Gasteiger partial charge >= 0.3 is 12.1 Å². The highest BCUT2D eigenvalue weighted by Gasteiger charge is 2.46. The molecule has 1 aromatic carbocycles. The summed E-state index contributed by atoms with van der Waals surface area (Å²) in [6, 6.07) is 6.43. The van der Waals surface area contributed by atoms with Crippen molar-refractivity contribution in [2.45, 2.75) is 18.3 Å². The molecule has 104 valence electrons. The maximum absolute atomic E-state index is 12.3. The molecule has 0 amide bonds. The summed E-state index contributed by atoms with van der Waals surface area (Å²) in [6.45, 7) is -1.54. The number of ether oxygens (including phenoxy) is 1. The first-order valence-corrected chi connectivity index (χ1v) is 5.56. The molecule has 2 N–H and O–H groups in total. The predicted molar refractivity (Wildman–Crippen MR) is 59.5 cm³/mol. The summed E-state index contributed by atoms with van der Waals surface area (Å²) in [7, 11) is 0. The Labute approximate surface area is 107 Å². The second-order valence-corrected chi connectivity index (χ2v) is 4.33. The molecule has 0 radical (unpaired) electrons. The van der Waals surface area contributed by atoms with Crippen molar-refractivity contribution in [1.29, 1.82) is 0 Å². The molecule has 0 saturated heterocycles. The molecule has 0 fully saturated rings. The third kappa shape index (κ3) is 2.71. The number of carboxylic acid groups (broad SMARTS) is 1. The third-order valence-electron chi connectivity index (χ3n) is 3.01. The molecule has 0 aliphatic carbocycles. The fourth-order valence-corrected chi connectivity index (χ4v) is 2.10. The van der Waals surface area contributed by atoms with Crippen molar-refractivity contribution in [3.8, 4) is 0 Å². The molecule has 1 aliphatic heterocycles. The number of hydrogen-bond donors (Lipinski definition) is 2. The Morgan fingerprint density at radius 1 is 1.42 bits per heavy atom. The molecule has 7 heteroatoms. The van der Waals surface area contributed by atoms with E-state index in [1.807, 2.05) is 0 Å². The highest BCUT2D eigenvalue weighted by atomic mass is 19.4. The van der Waals surface area contributed by atoms with Crippen LogP contribution in [0.5, 0.6) is 0 Å². The molecular formula is C12H12F3NO3. The monoisotopic (exact) mass is 275 g/mol. The lowest BCUT2D eigenvalue weighted by Crippen LogP contribution is -2.57. The summed E-state index contributed by atoms with van der Waals surface area (Å²) in [5, 5.41) is 11.4. The van der Waals surface area contributed by atoms with Crippen molar-refractivity contribution in [3.05, 3.63) is 35.4 Å². The molecule has 1 unspecified atom stereocenters. The average Bonchev–Trinajstić information content (AvgIpc) is 2.35. The van der Waals surface area contributed by atoms with Crippen LogP contribution in [0.25, 0.3) is 0 Å². The zero-order chi connectivity index (χ0) is 14.1. The Balaban J connectivity index is 2.38. The van der Waals surface area contributed by atoms with Gasteiger partial charge in [0, 0.05) is 0 Å². The number of aliphatic carboxylic acids is 1. The minimum absolute atomic E-state index is 0.193. The number of rotatable bonds is 3. The average molecular weight is 275 g/mol. The van der Waals surface area contributed by atoms with Crippen LogP contribution in [0.15, 0.2) is 24.3 Å². The van der Waals surface area contributed by atoms with Gasteiger partial charge in [0.15, 0.2) is 5.54 Å². The molecule has 1 aromatic rings. The van der Waals surface area contributed by atoms with Gasteiger partial charge in [-0.05, 0) is 11.1 Å². The lowest BCUT2D eigenvalue weighted by atomic mass is 9.85. The van der Waals surface area contributed by atoms with Crippen molar-refractivity contribution in [3.63, 3.8) is 0 Å². The Morgan fingerprint density at radius 3 is 2.74 bits per heavy atom. The van der Waals surface area contributed by atoms with E-state index >= 15 is 0 Å². The van der Waals surface area contributed by atoms with Crippen molar-refractivity contribution >= 4 is 5.97 Å². The fourth-order valence-electron chi connectivity index (χ4n) is 2.10. The summed E-state index contributed by atoms with van der Waals surface area (Å²) < 4.78 is 42.1. The van der Waals surface area contributed by atoms with Gasteiger partial charge in [-0.25, -0.2) is 4.79 Å². The van der Waals surface area contributed by atoms with Gasteiger partial charge in [-0.1, -0.05) is 24.3 Å². The van der Waals surface area contributed by atoms with E-state index in [4.69, 9.17) is 4.74 Å². The minimum atomic E-state index is -4.49. The number of halogens is 3. The first kappa shape index (κ1) is 13.8. The van der Waals surface area contributed by atoms with E-state index in [1.165, 1.54) is 6.07 Å². The van der Waals surface area contributed by atoms with Crippen LogP contribution in [0.1, 0.15) is 11.1 Å². The molecule has 1 atom stereocenters. The lowest BCUT2D eigenvalue weighted by molar-refractivity contribution is -0.156. The van der Waals surface area contributed by atoms with Gasteiger partial charge in [-0.15, -0.1) is 0 Å². The predicted octanol–water partition coefficient (Wildman–Crippen LogP) is 1.65. The van der Waals surface area contributed by atoms with Crippen LogP contribution in [0.2, 0.25) is 0 Å². The van der Waals surface area contributed by atoms with E-state index in [0.29, 0.717) is 11.1 Å². The van der Waals surface area contributed by atoms with Crippen molar-refractivity contribution in [2.75, 3.05) is 13.2 Å². The van der Waals surface area contributed by atoms with Gasteiger partial charge in [0.1, 0.15) is 0 Å². The number of hydrogen-bond acceptors (Lipinski definition) is 3. The second-order valence-electron chi connectivity index (χ2n) is 4.33. The molecule has 0 aromatic heterocycles.